The number of likely N-dealkylation sites (N-methyl/N-ethyl adjacent to an activating group) is 1. The van der Waals surface area contributed by atoms with Crippen LogP contribution in [0.1, 0.15) is 30.9 Å². The molecule has 2 atom stereocenters. The molecular weight excluding hydrogens is 236 g/mol. The van der Waals surface area contributed by atoms with Gasteiger partial charge in [0, 0.05) is 24.5 Å². The fourth-order valence-electron chi connectivity index (χ4n) is 2.43. The van der Waals surface area contributed by atoms with Crippen molar-refractivity contribution in [2.45, 2.75) is 31.3 Å². The largest absolute Gasteiger partial charge is 0.337 e. The predicted octanol–water partition coefficient (Wildman–Crippen LogP) is 2.35. The highest BCUT2D eigenvalue weighted by Crippen LogP contribution is 2.29. The van der Waals surface area contributed by atoms with E-state index < -0.39 is 0 Å². The zero-order valence-electron chi connectivity index (χ0n) is 9.90. The maximum Gasteiger partial charge on any atom is 0.222 e. The third kappa shape index (κ3) is 2.61. The van der Waals surface area contributed by atoms with Gasteiger partial charge in [-0.1, -0.05) is 23.7 Å². The molecule has 0 aliphatic carbocycles. The number of nitrogens with two attached hydrogens (primary N) is 1. The number of nitrogens with zero attached hydrogens (tertiary/aromatic N) is 1. The number of halogens is 1. The summed E-state index contributed by atoms with van der Waals surface area (Å²) in [6.45, 7) is 0. The van der Waals surface area contributed by atoms with Crippen molar-refractivity contribution in [1.29, 1.82) is 0 Å². The van der Waals surface area contributed by atoms with Gasteiger partial charge in [-0.2, -0.15) is 0 Å². The lowest BCUT2D eigenvalue weighted by molar-refractivity contribution is -0.131. The maximum atomic E-state index is 11.9. The van der Waals surface area contributed by atoms with Crippen LogP contribution in [-0.2, 0) is 4.79 Å². The number of carbonyl (C=O) groups excluding carboxylic acids is 1. The van der Waals surface area contributed by atoms with E-state index in [2.05, 4.69) is 0 Å². The number of hydrogen-bond donors (Lipinski definition) is 1. The van der Waals surface area contributed by atoms with Crippen LogP contribution in [0.4, 0.5) is 0 Å². The van der Waals surface area contributed by atoms with Crippen molar-refractivity contribution in [3.05, 3.63) is 34.9 Å². The Morgan fingerprint density at radius 2 is 2.24 bits per heavy atom. The standard InChI is InChI=1S/C13H17ClN2O/c1-16-12(17)7-3-6-11(15)13(16)9-4-2-5-10(14)8-9/h2,4-5,8,11,13H,3,6-7,15H2,1H3. The second-order valence-electron chi connectivity index (χ2n) is 4.56. The maximum absolute atomic E-state index is 11.9. The zero-order valence-corrected chi connectivity index (χ0v) is 10.7. The molecule has 2 rings (SSSR count). The van der Waals surface area contributed by atoms with Gasteiger partial charge in [-0.3, -0.25) is 4.79 Å². The first-order chi connectivity index (χ1) is 8.09. The SMILES string of the molecule is CN1C(=O)CCCC(N)C1c1cccc(Cl)c1. The number of benzene rings is 1. The van der Waals surface area contributed by atoms with E-state index in [0.717, 1.165) is 18.4 Å². The van der Waals surface area contributed by atoms with Crippen molar-refractivity contribution in [2.75, 3.05) is 7.05 Å². The van der Waals surface area contributed by atoms with Crippen LogP contribution in [0, 0.1) is 0 Å². The van der Waals surface area contributed by atoms with E-state index in [9.17, 15) is 4.79 Å². The lowest BCUT2D eigenvalue weighted by Gasteiger charge is -2.30. The van der Waals surface area contributed by atoms with Crippen molar-refractivity contribution in [2.24, 2.45) is 5.73 Å². The topological polar surface area (TPSA) is 46.3 Å². The number of carbonyl (C=O) groups is 1. The van der Waals surface area contributed by atoms with Crippen molar-refractivity contribution in [1.82, 2.24) is 4.90 Å². The van der Waals surface area contributed by atoms with Gasteiger partial charge >= 0.3 is 0 Å². The molecule has 92 valence electrons. The molecule has 0 bridgehead atoms. The summed E-state index contributed by atoms with van der Waals surface area (Å²) in [6, 6.07) is 7.50. The van der Waals surface area contributed by atoms with Crippen LogP contribution in [0.15, 0.2) is 24.3 Å². The summed E-state index contributed by atoms with van der Waals surface area (Å²) in [5.74, 6) is 0.155. The molecular formula is C13H17ClN2O. The fraction of sp³-hybridized carbons (Fsp3) is 0.462. The van der Waals surface area contributed by atoms with Gasteiger partial charge in [0.15, 0.2) is 0 Å². The second-order valence-corrected chi connectivity index (χ2v) is 5.00. The first-order valence-corrected chi connectivity index (χ1v) is 6.24. The van der Waals surface area contributed by atoms with E-state index in [1.807, 2.05) is 31.3 Å². The summed E-state index contributed by atoms with van der Waals surface area (Å²) in [7, 11) is 1.82. The van der Waals surface area contributed by atoms with Crippen LogP contribution in [0.5, 0.6) is 0 Å². The summed E-state index contributed by atoms with van der Waals surface area (Å²) >= 11 is 5.99. The lowest BCUT2D eigenvalue weighted by atomic mass is 9.97. The molecule has 1 saturated heterocycles. The molecule has 1 aliphatic heterocycles. The number of rotatable bonds is 1. The van der Waals surface area contributed by atoms with Gasteiger partial charge in [-0.25, -0.2) is 0 Å². The second kappa shape index (κ2) is 5.07. The Morgan fingerprint density at radius 1 is 1.47 bits per heavy atom. The Balaban J connectivity index is 2.35. The minimum absolute atomic E-state index is 0.0232. The molecule has 0 spiro atoms. The highest BCUT2D eigenvalue weighted by molar-refractivity contribution is 6.30. The van der Waals surface area contributed by atoms with Gasteiger partial charge in [0.05, 0.1) is 6.04 Å². The summed E-state index contributed by atoms with van der Waals surface area (Å²) in [6.07, 6.45) is 2.32. The molecule has 1 fully saturated rings. The van der Waals surface area contributed by atoms with Crippen molar-refractivity contribution >= 4 is 17.5 Å². The quantitative estimate of drug-likeness (QED) is 0.834. The Morgan fingerprint density at radius 3 is 2.94 bits per heavy atom. The molecule has 1 aromatic rings. The average Bonchev–Trinajstić information content (AvgIpc) is 2.40. The number of amides is 1. The molecule has 1 heterocycles. The molecule has 1 aromatic carbocycles. The van der Waals surface area contributed by atoms with E-state index in [0.29, 0.717) is 11.4 Å². The summed E-state index contributed by atoms with van der Waals surface area (Å²) in [5, 5.41) is 0.680. The molecule has 1 amide bonds. The Labute approximate surface area is 107 Å². The van der Waals surface area contributed by atoms with Gasteiger partial charge in [0.25, 0.3) is 0 Å². The number of hydrogen-bond acceptors (Lipinski definition) is 2. The van der Waals surface area contributed by atoms with Gasteiger partial charge in [0.1, 0.15) is 0 Å². The Kier molecular flexibility index (Phi) is 3.69. The van der Waals surface area contributed by atoms with E-state index in [1.165, 1.54) is 0 Å². The first kappa shape index (κ1) is 12.4. The zero-order chi connectivity index (χ0) is 12.4. The predicted molar refractivity (Wildman–Crippen MR) is 68.8 cm³/mol. The van der Waals surface area contributed by atoms with Crippen LogP contribution >= 0.6 is 11.6 Å². The molecule has 3 nitrogen and oxygen atoms in total. The fourth-order valence-corrected chi connectivity index (χ4v) is 2.63. The van der Waals surface area contributed by atoms with Gasteiger partial charge in [0.2, 0.25) is 5.91 Å². The molecule has 0 aromatic heterocycles. The average molecular weight is 253 g/mol. The van der Waals surface area contributed by atoms with Crippen LogP contribution in [0.25, 0.3) is 0 Å². The lowest BCUT2D eigenvalue weighted by Crippen LogP contribution is -2.39. The van der Waals surface area contributed by atoms with Gasteiger partial charge < -0.3 is 10.6 Å². The van der Waals surface area contributed by atoms with E-state index in [4.69, 9.17) is 17.3 Å². The van der Waals surface area contributed by atoms with E-state index in [1.54, 1.807) is 4.90 Å². The summed E-state index contributed by atoms with van der Waals surface area (Å²) in [4.78, 5) is 13.6. The molecule has 4 heteroatoms. The minimum atomic E-state index is -0.0660. The van der Waals surface area contributed by atoms with Crippen molar-refractivity contribution in [3.63, 3.8) is 0 Å². The van der Waals surface area contributed by atoms with Gasteiger partial charge in [-0.05, 0) is 30.5 Å². The molecule has 0 saturated carbocycles. The summed E-state index contributed by atoms with van der Waals surface area (Å²) < 4.78 is 0. The van der Waals surface area contributed by atoms with Crippen molar-refractivity contribution < 1.29 is 4.79 Å². The van der Waals surface area contributed by atoms with Gasteiger partial charge in [-0.15, -0.1) is 0 Å². The third-order valence-corrected chi connectivity index (χ3v) is 3.57. The molecule has 2 N–H and O–H groups in total. The van der Waals surface area contributed by atoms with E-state index in [-0.39, 0.29) is 18.0 Å². The van der Waals surface area contributed by atoms with Crippen molar-refractivity contribution in [3.8, 4) is 0 Å². The molecule has 1 aliphatic rings. The first-order valence-electron chi connectivity index (χ1n) is 5.86. The highest BCUT2D eigenvalue weighted by atomic mass is 35.5. The smallest absolute Gasteiger partial charge is 0.222 e. The molecule has 17 heavy (non-hydrogen) atoms. The number of likely N-dealkylation sites (tertiary alicyclic amines) is 1. The van der Waals surface area contributed by atoms with Crippen LogP contribution in [-0.4, -0.2) is 23.9 Å². The Bertz CT molecular complexity index is 422. The normalized spacial score (nSPS) is 25.8. The summed E-state index contributed by atoms with van der Waals surface area (Å²) in [5.41, 5.74) is 7.19. The Hall–Kier alpha value is -1.06. The van der Waals surface area contributed by atoms with Crippen LogP contribution < -0.4 is 5.73 Å². The van der Waals surface area contributed by atoms with E-state index >= 15 is 0 Å². The minimum Gasteiger partial charge on any atom is -0.337 e. The molecule has 0 radical (unpaired) electrons. The van der Waals surface area contributed by atoms with Crippen LogP contribution in [0.2, 0.25) is 5.02 Å². The van der Waals surface area contributed by atoms with Crippen LogP contribution in [0.3, 0.4) is 0 Å². The monoisotopic (exact) mass is 252 g/mol. The molecule has 2 unspecified atom stereocenters. The highest BCUT2D eigenvalue weighted by Gasteiger charge is 2.30. The third-order valence-electron chi connectivity index (χ3n) is 3.33.